The fourth-order valence-electron chi connectivity index (χ4n) is 10.7. The van der Waals surface area contributed by atoms with Gasteiger partial charge in [-0.3, -0.25) is 40.1 Å². The lowest BCUT2D eigenvalue weighted by Gasteiger charge is -2.43. The number of aliphatic imine (C=N–C) groups is 1. The van der Waals surface area contributed by atoms with Crippen LogP contribution in [0.15, 0.2) is 89.9 Å². The first-order valence-corrected chi connectivity index (χ1v) is 29.9. The molecule has 1 unspecified atom stereocenters. The Hall–Kier alpha value is -6.22. The molecule has 406 valence electrons. The fraction of sp³-hybridized carbons (Fsp3) is 0.421. The molecule has 0 spiro atoms. The van der Waals surface area contributed by atoms with Crippen molar-refractivity contribution in [1.82, 2.24) is 24.2 Å². The number of carbonyl (C=O) groups is 2. The van der Waals surface area contributed by atoms with E-state index in [9.17, 15) is 32.7 Å². The van der Waals surface area contributed by atoms with Gasteiger partial charge in [0.2, 0.25) is 11.8 Å². The van der Waals surface area contributed by atoms with Crippen molar-refractivity contribution in [3.63, 3.8) is 0 Å². The van der Waals surface area contributed by atoms with E-state index in [-0.39, 0.29) is 41.8 Å². The lowest BCUT2D eigenvalue weighted by Crippen LogP contribution is -2.56. The zero-order valence-electron chi connectivity index (χ0n) is 44.1. The molecule has 1 atom stereocenters. The molecule has 0 bridgehead atoms. The van der Waals surface area contributed by atoms with Crippen LogP contribution in [0.25, 0.3) is 10.9 Å². The topological polar surface area (TPSA) is 156 Å². The maximum Gasteiger partial charge on any atom is 0.406 e. The number of thiophene rings is 1. The van der Waals surface area contributed by atoms with Gasteiger partial charge in [0.25, 0.3) is 0 Å². The van der Waals surface area contributed by atoms with E-state index < -0.39 is 25.9 Å². The number of hydrogen-bond donors (Lipinski definition) is 4. The molecular formula is C57H66ClF3N11O3PS. The lowest BCUT2D eigenvalue weighted by molar-refractivity contribution is -0.140. The molecule has 0 saturated carbocycles. The summed E-state index contributed by atoms with van der Waals surface area (Å²) in [6, 6.07) is 21.3. The summed E-state index contributed by atoms with van der Waals surface area (Å²) in [6.07, 6.45) is 1.94. The molecule has 4 aliphatic rings. The number of rotatable bonds is 12. The molecule has 5 aromatic rings. The molecule has 3 aromatic carbocycles. The summed E-state index contributed by atoms with van der Waals surface area (Å²) in [5.41, 5.74) is 5.67. The van der Waals surface area contributed by atoms with E-state index in [1.165, 1.54) is 22.0 Å². The Balaban J connectivity index is 0.739. The van der Waals surface area contributed by atoms with Crippen LogP contribution in [-0.4, -0.2) is 156 Å². The van der Waals surface area contributed by atoms with E-state index in [1.807, 2.05) is 66.1 Å². The summed E-state index contributed by atoms with van der Waals surface area (Å²) in [6.45, 7) is 13.9. The number of piperazine rings is 1. The normalized spacial score (nSPS) is 18.5. The third kappa shape index (κ3) is 13.0. The van der Waals surface area contributed by atoms with E-state index >= 15 is 0 Å². The molecule has 6 heterocycles. The second-order valence-electron chi connectivity index (χ2n) is 20.7. The standard InChI is InChI=1S/C57H66ClF3N11O3PS/c1-37-38(2)77-56-53(37)54(40-11-13-41(58)14-12-40)66-49(55(63)72(56)39(3)62)19-20-51(73)69-28-23-44(24-29-69)68-30-32-70(33-31-68)52(74)35-67-26-21-43(22-27-67)65-48-9-6-10-50-47(48)34-45(71(50)36-57(59,60)61)8-7-25-64-42-15-17-46(18-16-42)76(4,5)75/h6,9-20,34,43-44,49,62-65H,21-33,35-36H2,1-5H3/b20-19+,62-39?,63-55?. The second kappa shape index (κ2) is 23.4. The summed E-state index contributed by atoms with van der Waals surface area (Å²) in [5.74, 6) is 6.22. The van der Waals surface area contributed by atoms with Gasteiger partial charge in [-0.05, 0) is 132 Å². The van der Waals surface area contributed by atoms with Gasteiger partial charge in [0.1, 0.15) is 36.4 Å². The number of piperidine rings is 2. The maximum absolute atomic E-state index is 13.9. The van der Waals surface area contributed by atoms with Gasteiger partial charge in [-0.2, -0.15) is 13.2 Å². The van der Waals surface area contributed by atoms with Gasteiger partial charge in [0.05, 0.1) is 30.0 Å². The quantitative estimate of drug-likeness (QED) is 0.0317. The number of likely N-dealkylation sites (tertiary alicyclic amines) is 2. The van der Waals surface area contributed by atoms with E-state index in [2.05, 4.69) is 32.3 Å². The van der Waals surface area contributed by atoms with Gasteiger partial charge in [0, 0.05) is 114 Å². The van der Waals surface area contributed by atoms with Crippen molar-refractivity contribution in [1.29, 1.82) is 10.8 Å². The van der Waals surface area contributed by atoms with Crippen LogP contribution in [0.3, 0.4) is 0 Å². The van der Waals surface area contributed by atoms with Gasteiger partial charge in [-0.25, -0.2) is 0 Å². The molecule has 2 amide bonds. The van der Waals surface area contributed by atoms with Crippen molar-refractivity contribution in [3.8, 4) is 11.8 Å². The average molecular weight is 1110 g/mol. The first-order valence-electron chi connectivity index (χ1n) is 26.1. The van der Waals surface area contributed by atoms with E-state index in [1.54, 1.807) is 61.6 Å². The Bertz CT molecular complexity index is 3200. The van der Waals surface area contributed by atoms with Crippen LogP contribution in [0.5, 0.6) is 0 Å². The van der Waals surface area contributed by atoms with Crippen molar-refractivity contribution in [2.45, 2.75) is 77.3 Å². The highest BCUT2D eigenvalue weighted by molar-refractivity contribution is 7.70. The number of carbonyl (C=O) groups excluding carboxylic acids is 2. The van der Waals surface area contributed by atoms with Gasteiger partial charge < -0.3 is 29.6 Å². The number of benzene rings is 3. The van der Waals surface area contributed by atoms with Gasteiger partial charge in [-0.15, -0.1) is 11.3 Å². The lowest BCUT2D eigenvalue weighted by atomic mass is 10.00. The average Bonchev–Trinajstić information content (AvgIpc) is 3.86. The van der Waals surface area contributed by atoms with Crippen LogP contribution in [0.1, 0.15) is 59.9 Å². The SMILES string of the molecule is CC(=N)N1C(=N)C(/C=C/C(=O)N2CCC(N3CCN(C(=O)CN4CCC(Nc5cccc6c5cc(C#CCNc5ccc(P(C)(C)=O)cc5)n6CC(F)(F)F)CC4)CC3)CC2)N=C(c2ccc(Cl)cc2)c2c1sc(C)c2C. The summed E-state index contributed by atoms with van der Waals surface area (Å²) >= 11 is 7.78. The molecule has 3 saturated heterocycles. The Morgan fingerprint density at radius 2 is 1.61 bits per heavy atom. The van der Waals surface area contributed by atoms with Crippen molar-refractivity contribution < 1.29 is 27.3 Å². The largest absolute Gasteiger partial charge is 0.406 e. The minimum absolute atomic E-state index is 0.0741. The fourth-order valence-corrected chi connectivity index (χ4v) is 13.0. The predicted octanol–water partition coefficient (Wildman–Crippen LogP) is 9.52. The molecule has 77 heavy (non-hydrogen) atoms. The Morgan fingerprint density at radius 3 is 2.26 bits per heavy atom. The zero-order valence-corrected chi connectivity index (χ0v) is 46.6. The molecule has 4 aliphatic heterocycles. The molecule has 0 radical (unpaired) electrons. The molecule has 3 fully saturated rings. The predicted molar refractivity (Wildman–Crippen MR) is 307 cm³/mol. The first kappa shape index (κ1) is 55.5. The smallest absolute Gasteiger partial charge is 0.382 e. The number of amidine groups is 2. The number of hydrogen-bond acceptors (Lipinski definition) is 11. The summed E-state index contributed by atoms with van der Waals surface area (Å²) in [5, 5.41) is 27.5. The van der Waals surface area contributed by atoms with Crippen LogP contribution in [0.4, 0.5) is 29.5 Å². The molecule has 2 aromatic heterocycles. The second-order valence-corrected chi connectivity index (χ2v) is 25.6. The molecule has 14 nitrogen and oxygen atoms in total. The Labute approximate surface area is 457 Å². The van der Waals surface area contributed by atoms with Gasteiger partial charge >= 0.3 is 6.18 Å². The van der Waals surface area contributed by atoms with E-state index in [0.29, 0.717) is 73.5 Å². The van der Waals surface area contributed by atoms with Crippen molar-refractivity contribution in [2.24, 2.45) is 4.99 Å². The number of amides is 2. The van der Waals surface area contributed by atoms with Gasteiger partial charge in [-0.1, -0.05) is 35.7 Å². The monoisotopic (exact) mass is 1110 g/mol. The highest BCUT2D eigenvalue weighted by Crippen LogP contribution is 2.41. The molecule has 9 rings (SSSR count). The number of fused-ring (bicyclic) bond motifs is 2. The van der Waals surface area contributed by atoms with Crippen molar-refractivity contribution in [2.75, 3.05) is 94.3 Å². The van der Waals surface area contributed by atoms with Crippen LogP contribution in [0, 0.1) is 36.5 Å². The summed E-state index contributed by atoms with van der Waals surface area (Å²) < 4.78 is 55.3. The number of anilines is 3. The third-order valence-corrected chi connectivity index (χ3v) is 18.1. The summed E-state index contributed by atoms with van der Waals surface area (Å²) in [7, 11) is -2.39. The van der Waals surface area contributed by atoms with Crippen LogP contribution < -0.4 is 20.8 Å². The maximum atomic E-state index is 13.9. The molecule has 20 heteroatoms. The minimum atomic E-state index is -4.45. The summed E-state index contributed by atoms with van der Waals surface area (Å²) in [4.78, 5) is 43.6. The van der Waals surface area contributed by atoms with E-state index in [0.717, 1.165) is 82.0 Å². The zero-order chi connectivity index (χ0) is 54.8. The Morgan fingerprint density at radius 1 is 0.922 bits per heavy atom. The van der Waals surface area contributed by atoms with Gasteiger partial charge in [0.15, 0.2) is 0 Å². The number of alkyl halides is 3. The molecular weight excluding hydrogens is 1040 g/mol. The van der Waals surface area contributed by atoms with E-state index in [4.69, 9.17) is 22.0 Å². The number of nitrogens with one attached hydrogen (secondary N) is 4. The molecule has 4 N–H and O–H groups in total. The molecule has 0 aliphatic carbocycles. The first-order chi connectivity index (χ1) is 36.7. The number of nitrogens with zero attached hydrogens (tertiary/aromatic N) is 7. The van der Waals surface area contributed by atoms with Crippen molar-refractivity contribution in [3.05, 3.63) is 117 Å². The highest BCUT2D eigenvalue weighted by Gasteiger charge is 2.35. The number of halogens is 4. The third-order valence-electron chi connectivity index (χ3n) is 15.1. The number of aryl methyl sites for hydroxylation is 1. The minimum Gasteiger partial charge on any atom is -0.382 e. The van der Waals surface area contributed by atoms with Crippen LogP contribution in [-0.2, 0) is 20.7 Å². The van der Waals surface area contributed by atoms with Crippen LogP contribution in [0.2, 0.25) is 5.02 Å². The highest BCUT2D eigenvalue weighted by atomic mass is 35.5. The number of aromatic nitrogens is 1. The van der Waals surface area contributed by atoms with Crippen LogP contribution >= 0.6 is 30.1 Å². The Kier molecular flexibility index (Phi) is 16.9. The van der Waals surface area contributed by atoms with Crippen molar-refractivity contribution >= 4 is 91.9 Å².